The van der Waals surface area contributed by atoms with Gasteiger partial charge in [0.1, 0.15) is 0 Å². The van der Waals surface area contributed by atoms with Crippen LogP contribution in [0.3, 0.4) is 0 Å². The van der Waals surface area contributed by atoms with Crippen LogP contribution < -0.4 is 5.56 Å². The fourth-order valence-corrected chi connectivity index (χ4v) is 3.91. The van der Waals surface area contributed by atoms with Crippen LogP contribution in [0.15, 0.2) is 47.4 Å². The molecule has 1 atom stereocenters. The molecule has 0 saturated heterocycles. The van der Waals surface area contributed by atoms with Crippen LogP contribution >= 0.6 is 0 Å². The van der Waals surface area contributed by atoms with Crippen molar-refractivity contribution in [2.24, 2.45) is 0 Å². The number of aromatic nitrogens is 3. The zero-order chi connectivity index (χ0) is 21.0. The first-order chi connectivity index (χ1) is 14.4. The number of hydrogen-bond donors (Lipinski definition) is 1. The molecule has 1 aliphatic heterocycles. The van der Waals surface area contributed by atoms with Gasteiger partial charge < -0.3 is 14.6 Å². The quantitative estimate of drug-likeness (QED) is 0.551. The lowest BCUT2D eigenvalue weighted by atomic mass is 9.95. The van der Waals surface area contributed by atoms with E-state index in [0.29, 0.717) is 11.3 Å². The summed E-state index contributed by atoms with van der Waals surface area (Å²) in [5.74, 6) is -2.53. The summed E-state index contributed by atoms with van der Waals surface area (Å²) < 4.78 is 34.9. The molecule has 0 spiro atoms. The highest BCUT2D eigenvalue weighted by molar-refractivity contribution is 5.94. The minimum absolute atomic E-state index is 0.0214. The average molecular weight is 410 g/mol. The third-order valence-corrected chi connectivity index (χ3v) is 5.42. The molecule has 1 aliphatic rings. The van der Waals surface area contributed by atoms with Gasteiger partial charge >= 0.3 is 0 Å². The Morgan fingerprint density at radius 3 is 2.77 bits per heavy atom. The molecule has 1 aromatic carbocycles. The Bertz CT molecular complexity index is 1350. The number of H-pyrrole nitrogens is 1. The zero-order valence-corrected chi connectivity index (χ0v) is 15.9. The number of pyridine rings is 2. The van der Waals surface area contributed by atoms with Crippen molar-refractivity contribution in [3.05, 3.63) is 81.5 Å². The van der Waals surface area contributed by atoms with Crippen molar-refractivity contribution in [2.45, 2.75) is 12.6 Å². The number of fused-ring (bicyclic) bond motifs is 4. The molecule has 0 radical (unpaired) electrons. The summed E-state index contributed by atoms with van der Waals surface area (Å²) in [5.41, 5.74) is 1.43. The smallest absolute Gasteiger partial charge is 0.274 e. The van der Waals surface area contributed by atoms with E-state index in [1.54, 1.807) is 29.9 Å². The number of halogens is 2. The number of ether oxygens (including phenoxy) is 1. The summed E-state index contributed by atoms with van der Waals surface area (Å²) in [7, 11) is 1.59. The third-order valence-electron chi connectivity index (χ3n) is 5.42. The van der Waals surface area contributed by atoms with Crippen LogP contribution in [-0.2, 0) is 11.3 Å². The molecule has 0 aliphatic carbocycles. The summed E-state index contributed by atoms with van der Waals surface area (Å²) in [5, 5.41) is 4.59. The largest absolute Gasteiger partial charge is 0.373 e. The van der Waals surface area contributed by atoms with E-state index in [2.05, 4.69) is 10.1 Å². The zero-order valence-electron chi connectivity index (χ0n) is 15.9. The molecule has 1 amide bonds. The molecule has 4 aromatic rings. The summed E-state index contributed by atoms with van der Waals surface area (Å²) in [6, 6.07) is 8.41. The second kappa shape index (κ2) is 6.74. The molecule has 1 N–H and O–H groups in total. The second-order valence-corrected chi connectivity index (χ2v) is 7.20. The third kappa shape index (κ3) is 2.78. The Hall–Kier alpha value is -3.59. The summed E-state index contributed by atoms with van der Waals surface area (Å²) in [4.78, 5) is 29.6. The molecule has 0 saturated carbocycles. The predicted molar refractivity (Wildman–Crippen MR) is 104 cm³/mol. The van der Waals surface area contributed by atoms with Gasteiger partial charge in [0, 0.05) is 24.5 Å². The molecule has 3 aromatic heterocycles. The Labute approximate surface area is 168 Å². The summed E-state index contributed by atoms with van der Waals surface area (Å²) in [6.07, 6.45) is 1.74. The first kappa shape index (κ1) is 18.4. The second-order valence-electron chi connectivity index (χ2n) is 7.20. The molecular formula is C21H16F2N4O3. The number of rotatable bonds is 2. The monoisotopic (exact) mass is 410 g/mol. The van der Waals surface area contributed by atoms with Crippen LogP contribution in [0, 0.1) is 11.6 Å². The predicted octanol–water partition coefficient (Wildman–Crippen LogP) is 2.80. The molecule has 152 valence electrons. The van der Waals surface area contributed by atoms with Crippen molar-refractivity contribution < 1.29 is 18.3 Å². The maximum absolute atomic E-state index is 14.0. The number of likely N-dealkylation sites (N-methyl/N-ethyl adjacent to an activating group) is 1. The van der Waals surface area contributed by atoms with Gasteiger partial charge in [0.25, 0.3) is 11.5 Å². The van der Waals surface area contributed by atoms with E-state index >= 15 is 0 Å². The molecule has 0 unspecified atom stereocenters. The average Bonchev–Trinajstić information content (AvgIpc) is 3.18. The van der Waals surface area contributed by atoms with Gasteiger partial charge in [-0.15, -0.1) is 0 Å². The maximum atomic E-state index is 14.0. The van der Waals surface area contributed by atoms with Crippen LogP contribution in [0.2, 0.25) is 0 Å². The standard InChI is InChI=1S/C21H16F2N4O3/c1-26(21(29)16-6-11-4-2-3-5-27(11)25-16)18-10-30-9-17-19(18)12-7-14(22)15(23)8-13(12)20(28)24-17/h2-8,18H,9-10H2,1H3,(H,24,28)/t18-/m1/s1. The highest BCUT2D eigenvalue weighted by atomic mass is 19.2. The minimum Gasteiger partial charge on any atom is -0.373 e. The fraction of sp³-hybridized carbons (Fsp3) is 0.190. The number of carbonyl (C=O) groups is 1. The Morgan fingerprint density at radius 1 is 1.23 bits per heavy atom. The van der Waals surface area contributed by atoms with Crippen LogP contribution in [-0.4, -0.2) is 39.1 Å². The Balaban J connectivity index is 1.63. The van der Waals surface area contributed by atoms with Gasteiger partial charge in [-0.25, -0.2) is 13.3 Å². The fourth-order valence-electron chi connectivity index (χ4n) is 3.91. The summed E-state index contributed by atoms with van der Waals surface area (Å²) in [6.45, 7) is 0.245. The van der Waals surface area contributed by atoms with E-state index in [9.17, 15) is 18.4 Å². The van der Waals surface area contributed by atoms with Gasteiger partial charge in [-0.05, 0) is 35.7 Å². The number of hydrogen-bond acceptors (Lipinski definition) is 4. The highest BCUT2D eigenvalue weighted by Gasteiger charge is 2.32. The van der Waals surface area contributed by atoms with Crippen molar-refractivity contribution in [2.75, 3.05) is 13.7 Å². The van der Waals surface area contributed by atoms with Gasteiger partial charge in [0.15, 0.2) is 17.3 Å². The molecule has 5 rings (SSSR count). The van der Waals surface area contributed by atoms with E-state index in [1.165, 1.54) is 4.90 Å². The lowest BCUT2D eigenvalue weighted by molar-refractivity contribution is 0.0332. The van der Waals surface area contributed by atoms with Gasteiger partial charge in [-0.2, -0.15) is 5.10 Å². The maximum Gasteiger partial charge on any atom is 0.274 e. The van der Waals surface area contributed by atoms with Gasteiger partial charge in [-0.3, -0.25) is 9.59 Å². The number of aromatic amines is 1. The van der Waals surface area contributed by atoms with Crippen LogP contribution in [0.5, 0.6) is 0 Å². The van der Waals surface area contributed by atoms with Crippen molar-refractivity contribution in [1.29, 1.82) is 0 Å². The van der Waals surface area contributed by atoms with Gasteiger partial charge in [-0.1, -0.05) is 6.07 Å². The number of amides is 1. The lowest BCUT2D eigenvalue weighted by Crippen LogP contribution is -2.37. The lowest BCUT2D eigenvalue weighted by Gasteiger charge is -2.33. The van der Waals surface area contributed by atoms with Crippen molar-refractivity contribution in [3.8, 4) is 0 Å². The molecule has 0 bridgehead atoms. The van der Waals surface area contributed by atoms with E-state index in [4.69, 9.17) is 4.74 Å². The molecule has 30 heavy (non-hydrogen) atoms. The van der Waals surface area contributed by atoms with Crippen molar-refractivity contribution in [1.82, 2.24) is 19.5 Å². The molecule has 4 heterocycles. The van der Waals surface area contributed by atoms with E-state index in [1.807, 2.05) is 12.1 Å². The van der Waals surface area contributed by atoms with E-state index in [0.717, 1.165) is 17.6 Å². The number of benzene rings is 1. The van der Waals surface area contributed by atoms with E-state index < -0.39 is 23.2 Å². The topological polar surface area (TPSA) is 79.7 Å². The summed E-state index contributed by atoms with van der Waals surface area (Å²) >= 11 is 0. The minimum atomic E-state index is -1.11. The SMILES string of the molecule is CN(C(=O)c1cc2ccccn2n1)[C@@H]1COCc2[nH]c(=O)c3cc(F)c(F)cc3c21. The Kier molecular flexibility index (Phi) is 4.14. The van der Waals surface area contributed by atoms with Crippen LogP contribution in [0.1, 0.15) is 27.8 Å². The number of carbonyl (C=O) groups excluding carboxylic acids is 1. The normalized spacial score (nSPS) is 16.0. The first-order valence-electron chi connectivity index (χ1n) is 9.27. The van der Waals surface area contributed by atoms with Crippen molar-refractivity contribution >= 4 is 22.2 Å². The van der Waals surface area contributed by atoms with Crippen LogP contribution in [0.25, 0.3) is 16.3 Å². The molecule has 9 heteroatoms. The van der Waals surface area contributed by atoms with E-state index in [-0.39, 0.29) is 35.6 Å². The Morgan fingerprint density at radius 2 is 2.00 bits per heavy atom. The number of nitrogens with zero attached hydrogens (tertiary/aromatic N) is 3. The number of nitrogens with one attached hydrogen (secondary N) is 1. The molecular weight excluding hydrogens is 394 g/mol. The van der Waals surface area contributed by atoms with Gasteiger partial charge in [0.05, 0.1) is 30.2 Å². The van der Waals surface area contributed by atoms with Crippen LogP contribution in [0.4, 0.5) is 8.78 Å². The molecule has 0 fully saturated rings. The molecule has 7 nitrogen and oxygen atoms in total. The first-order valence-corrected chi connectivity index (χ1v) is 9.27. The van der Waals surface area contributed by atoms with Gasteiger partial charge in [0.2, 0.25) is 0 Å². The highest BCUT2D eigenvalue weighted by Crippen LogP contribution is 2.34. The van der Waals surface area contributed by atoms with Crippen molar-refractivity contribution in [3.63, 3.8) is 0 Å².